The summed E-state index contributed by atoms with van der Waals surface area (Å²) in [5, 5.41) is 23.6. The highest BCUT2D eigenvalue weighted by Crippen LogP contribution is 2.00. The van der Waals surface area contributed by atoms with Gasteiger partial charge in [0.25, 0.3) is 5.78 Å². The second kappa shape index (κ2) is 4.28. The monoisotopic (exact) mass is 211 g/mol. The average Bonchev–Trinajstić information content (AvgIpc) is 2.78. The van der Waals surface area contributed by atoms with Crippen molar-refractivity contribution in [3.8, 4) is 0 Å². The first-order chi connectivity index (χ1) is 7.36. The van der Waals surface area contributed by atoms with E-state index in [9.17, 15) is 0 Å². The molecule has 0 amide bonds. The summed E-state index contributed by atoms with van der Waals surface area (Å²) in [5.41, 5.74) is 0. The molecule has 0 saturated carbocycles. The van der Waals surface area contributed by atoms with Crippen LogP contribution >= 0.6 is 0 Å². The second-order valence-corrected chi connectivity index (χ2v) is 3.06. The van der Waals surface area contributed by atoms with E-state index >= 15 is 0 Å². The molecule has 2 aromatic heterocycles. The number of nitrogens with zero attached hydrogens (tertiary/aromatic N) is 5. The molecule has 0 radical (unpaired) electrons. The van der Waals surface area contributed by atoms with Gasteiger partial charge >= 0.3 is 0 Å². The minimum absolute atomic E-state index is 0.00668. The van der Waals surface area contributed by atoms with Crippen molar-refractivity contribution in [1.29, 1.82) is 0 Å². The Balaban J connectivity index is 2.29. The molecule has 82 valence electrons. The molecule has 0 saturated heterocycles. The van der Waals surface area contributed by atoms with Crippen molar-refractivity contribution in [3.63, 3.8) is 0 Å². The molecule has 2 aromatic rings. The Labute approximate surface area is 86.2 Å². The number of hydrogen-bond acceptors (Lipinski definition) is 5. The minimum atomic E-state index is 0.00668. The highest BCUT2D eigenvalue weighted by molar-refractivity contribution is 5.28. The minimum Gasteiger partial charge on any atom is -0.394 e. The summed E-state index contributed by atoms with van der Waals surface area (Å²) >= 11 is 0. The van der Waals surface area contributed by atoms with Crippen LogP contribution in [0.2, 0.25) is 0 Å². The van der Waals surface area contributed by atoms with E-state index in [1.807, 2.05) is 0 Å². The van der Waals surface area contributed by atoms with Gasteiger partial charge in [0, 0.05) is 12.4 Å². The maximum absolute atomic E-state index is 8.89. The standard InChI is InChI=1S/C8H13N5O2/c14-5-3-12(4-6-15)13-8-9-1-2-11(8)7-10-13/h1-2,7,14-15H,3-6H2. The maximum atomic E-state index is 8.89. The Morgan fingerprint density at radius 3 is 2.67 bits per heavy atom. The van der Waals surface area contributed by atoms with Gasteiger partial charge in [-0.25, -0.2) is 4.98 Å². The van der Waals surface area contributed by atoms with Crippen molar-refractivity contribution < 1.29 is 10.2 Å². The van der Waals surface area contributed by atoms with Gasteiger partial charge in [-0.3, -0.25) is 9.41 Å². The fourth-order valence-corrected chi connectivity index (χ4v) is 1.44. The van der Waals surface area contributed by atoms with Crippen LogP contribution in [0.3, 0.4) is 0 Å². The summed E-state index contributed by atoms with van der Waals surface area (Å²) in [7, 11) is 0. The van der Waals surface area contributed by atoms with Crippen LogP contribution in [0.15, 0.2) is 18.7 Å². The lowest BCUT2D eigenvalue weighted by molar-refractivity contribution is 0.262. The van der Waals surface area contributed by atoms with Crippen LogP contribution in [-0.2, 0) is 0 Å². The molecular formula is C8H13N5O2. The Kier molecular flexibility index (Phi) is 2.84. The normalized spacial score (nSPS) is 11.1. The zero-order valence-corrected chi connectivity index (χ0v) is 8.19. The topological polar surface area (TPSA) is 78.8 Å². The predicted molar refractivity (Wildman–Crippen MR) is 53.1 cm³/mol. The summed E-state index contributed by atoms with van der Waals surface area (Å²) in [6, 6.07) is 0. The second-order valence-electron chi connectivity index (χ2n) is 3.06. The van der Waals surface area contributed by atoms with Crippen molar-refractivity contribution in [1.82, 2.24) is 19.3 Å². The quantitative estimate of drug-likeness (QED) is 0.626. The molecule has 15 heavy (non-hydrogen) atoms. The third-order valence-electron chi connectivity index (χ3n) is 2.10. The summed E-state index contributed by atoms with van der Waals surface area (Å²) in [6.07, 6.45) is 5.09. The number of aromatic nitrogens is 4. The smallest absolute Gasteiger partial charge is 0.252 e. The third kappa shape index (κ3) is 1.79. The zero-order chi connectivity index (χ0) is 10.7. The molecule has 2 N–H and O–H groups in total. The maximum Gasteiger partial charge on any atom is 0.252 e. The van der Waals surface area contributed by atoms with E-state index in [2.05, 4.69) is 10.1 Å². The number of imidazole rings is 1. The largest absolute Gasteiger partial charge is 0.394 e. The van der Waals surface area contributed by atoms with E-state index in [0.29, 0.717) is 18.9 Å². The number of fused-ring (bicyclic) bond motifs is 1. The van der Waals surface area contributed by atoms with Crippen LogP contribution in [0.25, 0.3) is 5.78 Å². The Hall–Kier alpha value is -1.60. The van der Waals surface area contributed by atoms with Gasteiger partial charge in [-0.05, 0) is 0 Å². The van der Waals surface area contributed by atoms with E-state index in [-0.39, 0.29) is 13.2 Å². The summed E-state index contributed by atoms with van der Waals surface area (Å²) in [4.78, 5) is 5.70. The molecule has 0 aliphatic heterocycles. The zero-order valence-electron chi connectivity index (χ0n) is 8.19. The van der Waals surface area contributed by atoms with Crippen LogP contribution in [0.1, 0.15) is 0 Å². The van der Waals surface area contributed by atoms with Crippen LogP contribution in [0, 0.1) is 0 Å². The van der Waals surface area contributed by atoms with Gasteiger partial charge in [-0.15, -0.1) is 9.89 Å². The van der Waals surface area contributed by atoms with E-state index in [0.717, 1.165) is 0 Å². The molecule has 0 aromatic carbocycles. The van der Waals surface area contributed by atoms with Gasteiger partial charge in [-0.2, -0.15) is 0 Å². The highest BCUT2D eigenvalue weighted by Gasteiger charge is 2.10. The van der Waals surface area contributed by atoms with Crippen molar-refractivity contribution in [2.24, 2.45) is 0 Å². The first-order valence-corrected chi connectivity index (χ1v) is 4.70. The molecule has 7 heteroatoms. The van der Waals surface area contributed by atoms with Crippen LogP contribution < -0.4 is 5.01 Å². The molecule has 0 aliphatic carbocycles. The van der Waals surface area contributed by atoms with E-state index in [4.69, 9.17) is 10.2 Å². The number of rotatable bonds is 5. The fourth-order valence-electron chi connectivity index (χ4n) is 1.44. The molecule has 0 unspecified atom stereocenters. The Bertz CT molecular complexity index is 417. The van der Waals surface area contributed by atoms with Gasteiger partial charge < -0.3 is 10.2 Å². The highest BCUT2D eigenvalue weighted by atomic mass is 16.3. The number of aliphatic hydroxyl groups is 2. The van der Waals surface area contributed by atoms with Crippen LogP contribution in [0.4, 0.5) is 0 Å². The first kappa shape index (κ1) is 9.94. The lowest BCUT2D eigenvalue weighted by Gasteiger charge is -2.21. The Morgan fingerprint density at radius 2 is 2.00 bits per heavy atom. The number of aliphatic hydroxyl groups excluding tert-OH is 2. The average molecular weight is 211 g/mol. The van der Waals surface area contributed by atoms with Gasteiger partial charge in [0.2, 0.25) is 0 Å². The molecule has 2 rings (SSSR count). The van der Waals surface area contributed by atoms with E-state index in [1.165, 1.54) is 0 Å². The molecule has 0 atom stereocenters. The summed E-state index contributed by atoms with van der Waals surface area (Å²) in [5.74, 6) is 0.664. The SMILES string of the molecule is OCCN(CCO)n1ncn2ccnc12. The lowest BCUT2D eigenvalue weighted by Crippen LogP contribution is -2.40. The van der Waals surface area contributed by atoms with E-state index in [1.54, 1.807) is 32.9 Å². The molecule has 2 heterocycles. The number of hydrogen-bond donors (Lipinski definition) is 2. The van der Waals surface area contributed by atoms with Crippen molar-refractivity contribution >= 4 is 5.78 Å². The molecule has 0 spiro atoms. The lowest BCUT2D eigenvalue weighted by atomic mass is 10.6. The molecule has 0 bridgehead atoms. The van der Waals surface area contributed by atoms with Crippen molar-refractivity contribution in [3.05, 3.63) is 18.7 Å². The van der Waals surface area contributed by atoms with Crippen LogP contribution in [-0.4, -0.2) is 55.8 Å². The Morgan fingerprint density at radius 1 is 1.27 bits per heavy atom. The molecule has 0 aliphatic rings. The molecule has 0 fully saturated rings. The van der Waals surface area contributed by atoms with Crippen LogP contribution in [0.5, 0.6) is 0 Å². The first-order valence-electron chi connectivity index (χ1n) is 4.70. The van der Waals surface area contributed by atoms with Crippen molar-refractivity contribution in [2.45, 2.75) is 0 Å². The fraction of sp³-hybridized carbons (Fsp3) is 0.500. The van der Waals surface area contributed by atoms with Gasteiger partial charge in [0.15, 0.2) is 0 Å². The summed E-state index contributed by atoms with van der Waals surface area (Å²) in [6.45, 7) is 0.828. The van der Waals surface area contributed by atoms with Gasteiger partial charge in [0.05, 0.1) is 26.3 Å². The van der Waals surface area contributed by atoms with Gasteiger partial charge in [-0.1, -0.05) is 0 Å². The van der Waals surface area contributed by atoms with Gasteiger partial charge in [0.1, 0.15) is 6.33 Å². The third-order valence-corrected chi connectivity index (χ3v) is 2.10. The predicted octanol–water partition coefficient (Wildman–Crippen LogP) is -1.55. The molecular weight excluding hydrogens is 198 g/mol. The van der Waals surface area contributed by atoms with Crippen molar-refractivity contribution in [2.75, 3.05) is 31.3 Å². The molecule has 7 nitrogen and oxygen atoms in total. The summed E-state index contributed by atoms with van der Waals surface area (Å²) < 4.78 is 1.77. The van der Waals surface area contributed by atoms with E-state index < -0.39 is 0 Å².